The molecule has 1 heterocycles. The predicted molar refractivity (Wildman–Crippen MR) is 78.6 cm³/mol. The van der Waals surface area contributed by atoms with Gasteiger partial charge in [-0.15, -0.1) is 0 Å². The Hall–Kier alpha value is -1.62. The van der Waals surface area contributed by atoms with Crippen LogP contribution >= 0.6 is 0 Å². The zero-order valence-corrected chi connectivity index (χ0v) is 13.0. The molecule has 2 fully saturated rings. The van der Waals surface area contributed by atoms with Crippen LogP contribution in [0.2, 0.25) is 0 Å². The normalized spacial score (nSPS) is 20.7. The highest BCUT2D eigenvalue weighted by Gasteiger charge is 2.49. The summed E-state index contributed by atoms with van der Waals surface area (Å²) in [7, 11) is 0. The van der Waals surface area contributed by atoms with Crippen LogP contribution in [0.5, 0.6) is 0 Å². The quantitative estimate of drug-likeness (QED) is 0.428. The minimum atomic E-state index is -0.337. The summed E-state index contributed by atoms with van der Waals surface area (Å²) < 4.78 is 14.8. The molecule has 118 valence electrons. The summed E-state index contributed by atoms with van der Waals surface area (Å²) in [6, 6.07) is 0. The Kier molecular flexibility index (Phi) is 6.15. The van der Waals surface area contributed by atoms with Gasteiger partial charge in [-0.2, -0.15) is 0 Å². The average Bonchev–Trinajstić information content (AvgIpc) is 3.31. The fraction of sp³-hybridized carbons (Fsp3) is 0.625. The molecule has 0 N–H and O–H groups in total. The van der Waals surface area contributed by atoms with E-state index in [-0.39, 0.29) is 23.6 Å². The Morgan fingerprint density at radius 2 is 2.00 bits per heavy atom. The van der Waals surface area contributed by atoms with Crippen molar-refractivity contribution in [2.24, 2.45) is 5.92 Å². The second-order valence-electron chi connectivity index (χ2n) is 5.68. The van der Waals surface area contributed by atoms with E-state index in [0.29, 0.717) is 24.7 Å². The van der Waals surface area contributed by atoms with E-state index in [4.69, 9.17) is 14.2 Å². The first-order valence-corrected chi connectivity index (χ1v) is 7.10. The van der Waals surface area contributed by atoms with Crippen molar-refractivity contribution in [1.82, 2.24) is 0 Å². The molecule has 2 aliphatic rings. The molecule has 2 rings (SSSR count). The highest BCUT2D eigenvalue weighted by molar-refractivity contribution is 5.86. The number of esters is 2. The minimum Gasteiger partial charge on any atom is -0.459 e. The summed E-state index contributed by atoms with van der Waals surface area (Å²) in [4.78, 5) is 21.5. The van der Waals surface area contributed by atoms with Crippen molar-refractivity contribution in [2.75, 3.05) is 13.2 Å². The van der Waals surface area contributed by atoms with Crippen molar-refractivity contribution in [3.05, 3.63) is 24.8 Å². The lowest BCUT2D eigenvalue weighted by molar-refractivity contribution is -0.147. The smallest absolute Gasteiger partial charge is 0.333 e. The van der Waals surface area contributed by atoms with Gasteiger partial charge in [-0.25, -0.2) is 9.59 Å². The van der Waals surface area contributed by atoms with E-state index in [1.807, 2.05) is 0 Å². The highest BCUT2D eigenvalue weighted by atomic mass is 16.6. The van der Waals surface area contributed by atoms with Gasteiger partial charge in [0.2, 0.25) is 0 Å². The number of hydrogen-bond donors (Lipinski definition) is 0. The molecule has 1 aliphatic carbocycles. The van der Waals surface area contributed by atoms with Gasteiger partial charge in [0, 0.05) is 11.6 Å². The summed E-state index contributed by atoms with van der Waals surface area (Å²) >= 11 is 0. The third kappa shape index (κ3) is 6.12. The van der Waals surface area contributed by atoms with Gasteiger partial charge in [0.1, 0.15) is 18.3 Å². The summed E-state index contributed by atoms with van der Waals surface area (Å²) in [5, 5.41) is 0. The maximum Gasteiger partial charge on any atom is 0.333 e. The first-order valence-electron chi connectivity index (χ1n) is 7.10. The molecule has 0 aromatic carbocycles. The zero-order chi connectivity index (χ0) is 16.0. The molecule has 0 radical (unpaired) electrons. The predicted octanol–water partition coefficient (Wildman–Crippen LogP) is 2.41. The fourth-order valence-electron chi connectivity index (χ4n) is 1.62. The molecule has 1 saturated heterocycles. The molecule has 5 nitrogen and oxygen atoms in total. The van der Waals surface area contributed by atoms with E-state index >= 15 is 0 Å². The molecule has 1 atom stereocenters. The van der Waals surface area contributed by atoms with E-state index in [2.05, 4.69) is 27.0 Å². The Morgan fingerprint density at radius 3 is 2.33 bits per heavy atom. The monoisotopic (exact) mass is 296 g/mol. The van der Waals surface area contributed by atoms with E-state index in [1.54, 1.807) is 6.92 Å². The largest absolute Gasteiger partial charge is 0.459 e. The van der Waals surface area contributed by atoms with Gasteiger partial charge in [0.05, 0.1) is 6.61 Å². The molecule has 5 heteroatoms. The SMILES string of the molecule is C=C(C)C(=O)OCC1CO1.C=CC(=O)OC1(C(C)C)CC1. The molecule has 1 unspecified atom stereocenters. The molecule has 0 aromatic rings. The molecule has 0 amide bonds. The molecular weight excluding hydrogens is 272 g/mol. The number of hydrogen-bond acceptors (Lipinski definition) is 5. The van der Waals surface area contributed by atoms with Gasteiger partial charge in [-0.1, -0.05) is 27.0 Å². The lowest BCUT2D eigenvalue weighted by Crippen LogP contribution is -2.24. The van der Waals surface area contributed by atoms with E-state index in [1.165, 1.54) is 6.08 Å². The van der Waals surface area contributed by atoms with E-state index in [0.717, 1.165) is 12.8 Å². The third-order valence-corrected chi connectivity index (χ3v) is 3.42. The number of rotatable bonds is 6. The van der Waals surface area contributed by atoms with Gasteiger partial charge in [-0.3, -0.25) is 0 Å². The fourth-order valence-corrected chi connectivity index (χ4v) is 1.62. The lowest BCUT2D eigenvalue weighted by Gasteiger charge is -2.18. The van der Waals surface area contributed by atoms with Crippen LogP contribution in [0.1, 0.15) is 33.6 Å². The number of carbonyl (C=O) groups excluding carboxylic acids is 2. The van der Waals surface area contributed by atoms with Crippen LogP contribution in [0.15, 0.2) is 24.8 Å². The third-order valence-electron chi connectivity index (χ3n) is 3.42. The summed E-state index contributed by atoms with van der Waals surface area (Å²) in [5.74, 6) is -0.210. The zero-order valence-electron chi connectivity index (χ0n) is 13.0. The van der Waals surface area contributed by atoms with Crippen LogP contribution < -0.4 is 0 Å². The van der Waals surface area contributed by atoms with Crippen molar-refractivity contribution in [3.8, 4) is 0 Å². The van der Waals surface area contributed by atoms with Gasteiger partial charge < -0.3 is 14.2 Å². The van der Waals surface area contributed by atoms with Crippen molar-refractivity contribution in [1.29, 1.82) is 0 Å². The van der Waals surface area contributed by atoms with Gasteiger partial charge in [0.25, 0.3) is 0 Å². The first-order chi connectivity index (χ1) is 9.80. The topological polar surface area (TPSA) is 65.1 Å². The summed E-state index contributed by atoms with van der Waals surface area (Å²) in [5.41, 5.74) is 0.284. The maximum atomic E-state index is 10.8. The highest BCUT2D eigenvalue weighted by Crippen LogP contribution is 2.45. The van der Waals surface area contributed by atoms with Crippen molar-refractivity contribution in [3.63, 3.8) is 0 Å². The minimum absolute atomic E-state index is 0.142. The number of carbonyl (C=O) groups is 2. The number of epoxide rings is 1. The van der Waals surface area contributed by atoms with Crippen LogP contribution in [0.25, 0.3) is 0 Å². The molecule has 0 aromatic heterocycles. The molecule has 21 heavy (non-hydrogen) atoms. The molecule has 0 spiro atoms. The van der Waals surface area contributed by atoms with Crippen LogP contribution in [0.4, 0.5) is 0 Å². The van der Waals surface area contributed by atoms with E-state index in [9.17, 15) is 9.59 Å². The van der Waals surface area contributed by atoms with Crippen molar-refractivity contribution < 1.29 is 23.8 Å². The lowest BCUT2D eigenvalue weighted by atomic mass is 10.1. The van der Waals surface area contributed by atoms with Crippen molar-refractivity contribution >= 4 is 11.9 Å². The van der Waals surface area contributed by atoms with Crippen LogP contribution in [-0.4, -0.2) is 36.9 Å². The van der Waals surface area contributed by atoms with E-state index < -0.39 is 0 Å². The summed E-state index contributed by atoms with van der Waals surface area (Å²) in [6.45, 7) is 13.6. The van der Waals surface area contributed by atoms with Crippen LogP contribution in [0.3, 0.4) is 0 Å². The van der Waals surface area contributed by atoms with Crippen molar-refractivity contribution in [2.45, 2.75) is 45.3 Å². The second-order valence-corrected chi connectivity index (χ2v) is 5.68. The van der Waals surface area contributed by atoms with Gasteiger partial charge in [0.15, 0.2) is 0 Å². The number of ether oxygens (including phenoxy) is 3. The summed E-state index contributed by atoms with van der Waals surface area (Å²) in [6.07, 6.45) is 3.38. The van der Waals surface area contributed by atoms with Gasteiger partial charge in [-0.05, 0) is 25.7 Å². The molecule has 0 bridgehead atoms. The maximum absolute atomic E-state index is 10.8. The van der Waals surface area contributed by atoms with Gasteiger partial charge >= 0.3 is 11.9 Å². The first kappa shape index (κ1) is 17.4. The Bertz CT molecular complexity index is 416. The standard InChI is InChI=1S/C9H14O2.C7H10O3/c1-4-8(10)11-9(5-6-9)7(2)3;1-5(2)7(8)10-4-6-3-9-6/h4,7H,1,5-6H2,2-3H3;6H,1,3-4H2,2H3. The second kappa shape index (κ2) is 7.41. The Morgan fingerprint density at radius 1 is 1.43 bits per heavy atom. The molecular formula is C16H24O5. The Balaban J connectivity index is 0.000000211. The molecule has 1 aliphatic heterocycles. The van der Waals surface area contributed by atoms with Crippen LogP contribution in [0, 0.1) is 5.92 Å². The van der Waals surface area contributed by atoms with Crippen LogP contribution in [-0.2, 0) is 23.8 Å². The Labute approximate surface area is 125 Å². The molecule has 1 saturated carbocycles. The average molecular weight is 296 g/mol.